The van der Waals surface area contributed by atoms with Gasteiger partial charge in [0.15, 0.2) is 5.96 Å². The van der Waals surface area contributed by atoms with E-state index in [9.17, 15) is 4.79 Å². The minimum atomic E-state index is -0.380. The molecule has 6 heteroatoms. The van der Waals surface area contributed by atoms with E-state index >= 15 is 0 Å². The van der Waals surface area contributed by atoms with Crippen LogP contribution >= 0.6 is 0 Å². The predicted octanol–water partition coefficient (Wildman–Crippen LogP) is 0.785. The van der Waals surface area contributed by atoms with Crippen LogP contribution < -0.4 is 16.4 Å². The minimum absolute atomic E-state index is 0.0256. The van der Waals surface area contributed by atoms with Crippen LogP contribution in [0.3, 0.4) is 0 Å². The van der Waals surface area contributed by atoms with Gasteiger partial charge in [-0.2, -0.15) is 0 Å². The highest BCUT2D eigenvalue weighted by Crippen LogP contribution is 2.10. The molecule has 0 atom stereocenters. The Labute approximate surface area is 118 Å². The highest BCUT2D eigenvalue weighted by Gasteiger charge is 1.99. The molecule has 1 aromatic carbocycles. The van der Waals surface area contributed by atoms with Crippen molar-refractivity contribution in [1.82, 2.24) is 10.6 Å². The molecular weight excluding hydrogens is 256 g/mol. The van der Waals surface area contributed by atoms with E-state index in [1.54, 1.807) is 30.3 Å². The van der Waals surface area contributed by atoms with E-state index < -0.39 is 0 Å². The van der Waals surface area contributed by atoms with Crippen LogP contribution in [0.25, 0.3) is 6.08 Å². The third kappa shape index (κ3) is 6.55. The van der Waals surface area contributed by atoms with Gasteiger partial charge >= 0.3 is 0 Å². The molecule has 0 aliphatic heterocycles. The standard InChI is InChI=1S/C14H20N4O2/c15-9-1-2-10-17-14(16)18-13(20)8-5-11-3-6-12(19)7-4-11/h3-8,19H,1-2,9-10,15H2,(H3,16,17,18,20)/b8-5+. The predicted molar refractivity (Wildman–Crippen MR) is 79.3 cm³/mol. The summed E-state index contributed by atoms with van der Waals surface area (Å²) in [5.41, 5.74) is 6.15. The van der Waals surface area contributed by atoms with Gasteiger partial charge in [0.2, 0.25) is 0 Å². The van der Waals surface area contributed by atoms with Crippen LogP contribution in [-0.2, 0) is 4.79 Å². The molecule has 108 valence electrons. The maximum absolute atomic E-state index is 11.5. The summed E-state index contributed by atoms with van der Waals surface area (Å²) in [6.07, 6.45) is 4.69. The van der Waals surface area contributed by atoms with Gasteiger partial charge in [-0.05, 0) is 43.2 Å². The summed E-state index contributed by atoms with van der Waals surface area (Å²) in [4.78, 5) is 11.5. The molecule has 20 heavy (non-hydrogen) atoms. The van der Waals surface area contributed by atoms with Crippen molar-refractivity contribution < 1.29 is 9.90 Å². The molecule has 0 unspecified atom stereocenters. The SMILES string of the molecule is N=C(NCCCCN)NC(=O)/C=C/c1ccc(O)cc1. The highest BCUT2D eigenvalue weighted by molar-refractivity contribution is 6.02. The molecule has 0 radical (unpaired) electrons. The number of nitrogens with two attached hydrogens (primary N) is 1. The minimum Gasteiger partial charge on any atom is -0.508 e. The zero-order valence-electron chi connectivity index (χ0n) is 11.2. The number of carbonyl (C=O) groups is 1. The third-order valence-electron chi connectivity index (χ3n) is 2.50. The number of rotatable bonds is 6. The zero-order chi connectivity index (χ0) is 14.8. The first-order valence-corrected chi connectivity index (χ1v) is 6.42. The van der Waals surface area contributed by atoms with Gasteiger partial charge in [-0.1, -0.05) is 12.1 Å². The van der Waals surface area contributed by atoms with Gasteiger partial charge in [0.05, 0.1) is 0 Å². The second kappa shape index (κ2) is 8.71. The molecule has 1 amide bonds. The first-order valence-electron chi connectivity index (χ1n) is 6.42. The van der Waals surface area contributed by atoms with Crippen LogP contribution in [0.15, 0.2) is 30.3 Å². The van der Waals surface area contributed by atoms with Gasteiger partial charge < -0.3 is 16.2 Å². The fourth-order valence-corrected chi connectivity index (χ4v) is 1.45. The Balaban J connectivity index is 2.32. The molecule has 0 aliphatic rings. The summed E-state index contributed by atoms with van der Waals surface area (Å²) >= 11 is 0. The third-order valence-corrected chi connectivity index (χ3v) is 2.50. The van der Waals surface area contributed by atoms with Crippen molar-refractivity contribution in [2.75, 3.05) is 13.1 Å². The zero-order valence-corrected chi connectivity index (χ0v) is 11.2. The van der Waals surface area contributed by atoms with Crippen molar-refractivity contribution in [2.24, 2.45) is 5.73 Å². The van der Waals surface area contributed by atoms with Crippen LogP contribution in [-0.4, -0.2) is 30.1 Å². The fourth-order valence-electron chi connectivity index (χ4n) is 1.45. The number of phenols is 1. The van der Waals surface area contributed by atoms with Crippen molar-refractivity contribution in [2.45, 2.75) is 12.8 Å². The number of phenolic OH excluding ortho intramolecular Hbond substituents is 1. The molecule has 0 bridgehead atoms. The monoisotopic (exact) mass is 276 g/mol. The smallest absolute Gasteiger partial charge is 0.250 e. The lowest BCUT2D eigenvalue weighted by Crippen LogP contribution is -2.39. The molecule has 0 aromatic heterocycles. The lowest BCUT2D eigenvalue weighted by Gasteiger charge is -2.07. The van der Waals surface area contributed by atoms with Crippen molar-refractivity contribution in [1.29, 1.82) is 5.41 Å². The molecule has 0 fully saturated rings. The number of nitrogens with one attached hydrogen (secondary N) is 3. The van der Waals surface area contributed by atoms with Crippen molar-refractivity contribution in [3.8, 4) is 5.75 Å². The summed E-state index contributed by atoms with van der Waals surface area (Å²) in [5.74, 6) is -0.230. The topological polar surface area (TPSA) is 111 Å². The fraction of sp³-hybridized carbons (Fsp3) is 0.286. The number of unbranched alkanes of at least 4 members (excludes halogenated alkanes) is 1. The maximum Gasteiger partial charge on any atom is 0.250 e. The number of carbonyl (C=O) groups excluding carboxylic acids is 1. The summed E-state index contributed by atoms with van der Waals surface area (Å²) in [7, 11) is 0. The number of benzene rings is 1. The Morgan fingerprint density at radius 1 is 1.30 bits per heavy atom. The summed E-state index contributed by atoms with van der Waals surface area (Å²) in [6.45, 7) is 1.23. The number of hydrogen-bond donors (Lipinski definition) is 5. The average molecular weight is 276 g/mol. The van der Waals surface area contributed by atoms with Crippen LogP contribution in [0.2, 0.25) is 0 Å². The van der Waals surface area contributed by atoms with E-state index in [4.69, 9.17) is 16.2 Å². The Kier molecular flexibility index (Phi) is 6.84. The second-order valence-corrected chi connectivity index (χ2v) is 4.21. The van der Waals surface area contributed by atoms with Crippen molar-refractivity contribution in [3.63, 3.8) is 0 Å². The second-order valence-electron chi connectivity index (χ2n) is 4.21. The van der Waals surface area contributed by atoms with Crippen molar-refractivity contribution >= 4 is 17.9 Å². The van der Waals surface area contributed by atoms with Gasteiger partial charge in [-0.25, -0.2) is 0 Å². The van der Waals surface area contributed by atoms with Gasteiger partial charge in [0.25, 0.3) is 5.91 Å². The normalized spacial score (nSPS) is 10.4. The largest absolute Gasteiger partial charge is 0.508 e. The lowest BCUT2D eigenvalue weighted by molar-refractivity contribution is -0.115. The number of guanidine groups is 1. The Morgan fingerprint density at radius 3 is 2.65 bits per heavy atom. The average Bonchev–Trinajstić information content (AvgIpc) is 2.43. The molecule has 0 heterocycles. The molecule has 1 rings (SSSR count). The molecular formula is C14H20N4O2. The van der Waals surface area contributed by atoms with E-state index in [-0.39, 0.29) is 17.6 Å². The van der Waals surface area contributed by atoms with E-state index in [2.05, 4.69) is 10.6 Å². The summed E-state index contributed by atoms with van der Waals surface area (Å²) in [5, 5.41) is 21.8. The Bertz CT molecular complexity index is 469. The Hall–Kier alpha value is -2.34. The van der Waals surface area contributed by atoms with Crippen LogP contribution in [0.1, 0.15) is 18.4 Å². The first kappa shape index (κ1) is 15.7. The van der Waals surface area contributed by atoms with E-state index in [0.717, 1.165) is 18.4 Å². The number of amides is 1. The molecule has 6 N–H and O–H groups in total. The first-order chi connectivity index (χ1) is 9.61. The molecule has 1 aromatic rings. The summed E-state index contributed by atoms with van der Waals surface area (Å²) < 4.78 is 0. The quantitative estimate of drug-likeness (QED) is 0.229. The van der Waals surface area contributed by atoms with E-state index in [1.165, 1.54) is 6.08 Å². The van der Waals surface area contributed by atoms with Crippen molar-refractivity contribution in [3.05, 3.63) is 35.9 Å². The summed E-state index contributed by atoms with van der Waals surface area (Å²) in [6, 6.07) is 6.46. The number of hydrogen-bond acceptors (Lipinski definition) is 4. The maximum atomic E-state index is 11.5. The lowest BCUT2D eigenvalue weighted by atomic mass is 10.2. The highest BCUT2D eigenvalue weighted by atomic mass is 16.3. The van der Waals surface area contributed by atoms with Gasteiger partial charge in [0.1, 0.15) is 5.75 Å². The van der Waals surface area contributed by atoms with Gasteiger partial charge in [0, 0.05) is 12.6 Å². The van der Waals surface area contributed by atoms with Crippen LogP contribution in [0.4, 0.5) is 0 Å². The number of aromatic hydroxyl groups is 1. The van der Waals surface area contributed by atoms with E-state index in [1.807, 2.05) is 0 Å². The van der Waals surface area contributed by atoms with Crippen LogP contribution in [0, 0.1) is 5.41 Å². The molecule has 0 spiro atoms. The van der Waals surface area contributed by atoms with E-state index in [0.29, 0.717) is 13.1 Å². The molecule has 0 aliphatic carbocycles. The van der Waals surface area contributed by atoms with Gasteiger partial charge in [-0.3, -0.25) is 15.5 Å². The molecule has 0 saturated heterocycles. The van der Waals surface area contributed by atoms with Gasteiger partial charge in [-0.15, -0.1) is 0 Å². The molecule has 0 saturated carbocycles. The van der Waals surface area contributed by atoms with Crippen LogP contribution in [0.5, 0.6) is 5.75 Å². The Morgan fingerprint density at radius 2 is 2.00 bits per heavy atom. The molecule has 6 nitrogen and oxygen atoms in total.